The van der Waals surface area contributed by atoms with Gasteiger partial charge in [0.15, 0.2) is 0 Å². The monoisotopic (exact) mass is 250 g/mol. The fraction of sp³-hybridized carbons (Fsp3) is 0. The number of sulfonamides is 1. The first kappa shape index (κ1) is 11.3. The maximum Gasteiger partial charge on any atom is 0.261 e. The highest BCUT2D eigenvalue weighted by molar-refractivity contribution is 7.92. The maximum absolute atomic E-state index is 11.9. The minimum Gasteiger partial charge on any atom is -0.399 e. The molecule has 0 fully saturated rings. The molecule has 0 aliphatic rings. The third-order valence-electron chi connectivity index (χ3n) is 2.00. The Morgan fingerprint density at radius 2 is 1.65 bits per heavy atom. The van der Waals surface area contributed by atoms with Gasteiger partial charge in [0.1, 0.15) is 6.33 Å². The zero-order chi connectivity index (χ0) is 12.3. The summed E-state index contributed by atoms with van der Waals surface area (Å²) in [6.07, 6.45) is 4.07. The fourth-order valence-corrected chi connectivity index (χ4v) is 2.24. The minimum absolute atomic E-state index is 0.135. The lowest BCUT2D eigenvalue weighted by Crippen LogP contribution is -2.13. The zero-order valence-corrected chi connectivity index (χ0v) is 9.55. The smallest absolute Gasteiger partial charge is 0.261 e. The first-order valence-electron chi connectivity index (χ1n) is 4.71. The summed E-state index contributed by atoms with van der Waals surface area (Å²) in [6, 6.07) is 5.91. The SMILES string of the molecule is Nc1ccc(S(=O)(=O)Nc2cncnc2)cc1. The summed E-state index contributed by atoms with van der Waals surface area (Å²) in [5, 5.41) is 0. The highest BCUT2D eigenvalue weighted by Crippen LogP contribution is 2.15. The van der Waals surface area contributed by atoms with Crippen LogP contribution in [0.2, 0.25) is 0 Å². The Morgan fingerprint density at radius 3 is 2.24 bits per heavy atom. The van der Waals surface area contributed by atoms with Gasteiger partial charge in [-0.25, -0.2) is 18.4 Å². The van der Waals surface area contributed by atoms with Crippen LogP contribution in [-0.2, 0) is 10.0 Å². The van der Waals surface area contributed by atoms with Crippen molar-refractivity contribution in [3.8, 4) is 0 Å². The Bertz CT molecular complexity index is 596. The third kappa shape index (κ3) is 2.70. The molecule has 1 heterocycles. The number of hydrogen-bond acceptors (Lipinski definition) is 5. The van der Waals surface area contributed by atoms with Crippen molar-refractivity contribution in [2.75, 3.05) is 10.5 Å². The van der Waals surface area contributed by atoms with Crippen LogP contribution in [0.4, 0.5) is 11.4 Å². The van der Waals surface area contributed by atoms with Crippen LogP contribution in [0.25, 0.3) is 0 Å². The largest absolute Gasteiger partial charge is 0.399 e. The van der Waals surface area contributed by atoms with Crippen LogP contribution < -0.4 is 10.5 Å². The quantitative estimate of drug-likeness (QED) is 0.787. The molecule has 2 rings (SSSR count). The van der Waals surface area contributed by atoms with Gasteiger partial charge in [-0.05, 0) is 24.3 Å². The van der Waals surface area contributed by atoms with E-state index in [1.807, 2.05) is 0 Å². The molecular weight excluding hydrogens is 240 g/mol. The average molecular weight is 250 g/mol. The lowest BCUT2D eigenvalue weighted by molar-refractivity contribution is 0.601. The van der Waals surface area contributed by atoms with Gasteiger partial charge in [-0.3, -0.25) is 4.72 Å². The first-order valence-corrected chi connectivity index (χ1v) is 6.19. The van der Waals surface area contributed by atoms with E-state index in [1.54, 1.807) is 0 Å². The number of rotatable bonds is 3. The molecule has 1 aromatic heterocycles. The van der Waals surface area contributed by atoms with Crippen molar-refractivity contribution < 1.29 is 8.42 Å². The molecule has 88 valence electrons. The van der Waals surface area contributed by atoms with E-state index < -0.39 is 10.0 Å². The van der Waals surface area contributed by atoms with Gasteiger partial charge in [0, 0.05) is 5.69 Å². The van der Waals surface area contributed by atoms with Gasteiger partial charge in [-0.2, -0.15) is 0 Å². The van der Waals surface area contributed by atoms with Crippen LogP contribution in [0.3, 0.4) is 0 Å². The maximum atomic E-state index is 11.9. The van der Waals surface area contributed by atoms with Gasteiger partial charge < -0.3 is 5.73 Å². The van der Waals surface area contributed by atoms with E-state index in [0.717, 1.165) is 0 Å². The molecule has 0 atom stereocenters. The lowest BCUT2D eigenvalue weighted by Gasteiger charge is -2.06. The normalized spacial score (nSPS) is 11.1. The van der Waals surface area contributed by atoms with Crippen LogP contribution >= 0.6 is 0 Å². The van der Waals surface area contributed by atoms with E-state index in [1.165, 1.54) is 43.0 Å². The Hall–Kier alpha value is -2.15. The summed E-state index contributed by atoms with van der Waals surface area (Å²) in [6.45, 7) is 0. The van der Waals surface area contributed by atoms with Crippen LogP contribution in [0.1, 0.15) is 0 Å². The molecule has 6 nitrogen and oxygen atoms in total. The molecule has 7 heteroatoms. The van der Waals surface area contributed by atoms with Crippen molar-refractivity contribution in [3.63, 3.8) is 0 Å². The topological polar surface area (TPSA) is 98.0 Å². The predicted molar refractivity (Wildman–Crippen MR) is 63.7 cm³/mol. The highest BCUT2D eigenvalue weighted by atomic mass is 32.2. The molecule has 2 aromatic rings. The number of hydrogen-bond donors (Lipinski definition) is 2. The van der Waals surface area contributed by atoms with Crippen molar-refractivity contribution in [3.05, 3.63) is 43.0 Å². The number of nitrogens with zero attached hydrogens (tertiary/aromatic N) is 2. The second-order valence-corrected chi connectivity index (χ2v) is 4.98. The minimum atomic E-state index is -3.62. The Morgan fingerprint density at radius 1 is 1.06 bits per heavy atom. The van der Waals surface area contributed by atoms with Crippen molar-refractivity contribution in [2.45, 2.75) is 4.90 Å². The molecule has 0 saturated carbocycles. The summed E-state index contributed by atoms with van der Waals surface area (Å²) in [4.78, 5) is 7.57. The van der Waals surface area contributed by atoms with Crippen LogP contribution in [0, 0.1) is 0 Å². The van der Waals surface area contributed by atoms with Crippen molar-refractivity contribution in [2.24, 2.45) is 0 Å². The molecule has 3 N–H and O–H groups in total. The molecule has 0 bridgehead atoms. The predicted octanol–water partition coefficient (Wildman–Crippen LogP) is 0.860. The number of nitrogens with two attached hydrogens (primary N) is 1. The van der Waals surface area contributed by atoms with Gasteiger partial charge in [0.2, 0.25) is 0 Å². The molecule has 1 aromatic carbocycles. The molecule has 0 saturated heterocycles. The zero-order valence-electron chi connectivity index (χ0n) is 8.74. The van der Waals surface area contributed by atoms with Gasteiger partial charge in [-0.15, -0.1) is 0 Å². The second kappa shape index (κ2) is 4.38. The molecular formula is C10H10N4O2S. The van der Waals surface area contributed by atoms with Gasteiger partial charge in [-0.1, -0.05) is 0 Å². The van der Waals surface area contributed by atoms with Gasteiger partial charge in [0.25, 0.3) is 10.0 Å². The van der Waals surface area contributed by atoms with E-state index >= 15 is 0 Å². The Balaban J connectivity index is 2.29. The standard InChI is InChI=1S/C10H10N4O2S/c11-8-1-3-10(4-2-8)17(15,16)14-9-5-12-7-13-6-9/h1-7,14H,11H2. The molecule has 0 radical (unpaired) electrons. The summed E-state index contributed by atoms with van der Waals surface area (Å²) in [5.41, 5.74) is 6.30. The molecule has 0 aliphatic carbocycles. The molecule has 0 unspecified atom stereocenters. The fourth-order valence-electron chi connectivity index (χ4n) is 1.21. The summed E-state index contributed by atoms with van der Waals surface area (Å²) in [7, 11) is -3.62. The highest BCUT2D eigenvalue weighted by Gasteiger charge is 2.13. The number of nitrogens with one attached hydrogen (secondary N) is 1. The summed E-state index contributed by atoms with van der Waals surface area (Å²) < 4.78 is 26.2. The number of aromatic nitrogens is 2. The van der Waals surface area contributed by atoms with Gasteiger partial charge in [0.05, 0.1) is 23.0 Å². The van der Waals surface area contributed by atoms with E-state index in [4.69, 9.17) is 5.73 Å². The Labute approximate surface area is 98.6 Å². The lowest BCUT2D eigenvalue weighted by atomic mass is 10.3. The number of nitrogen functional groups attached to an aromatic ring is 1. The van der Waals surface area contributed by atoms with Crippen LogP contribution in [0.15, 0.2) is 47.9 Å². The van der Waals surface area contributed by atoms with E-state index in [0.29, 0.717) is 11.4 Å². The first-order chi connectivity index (χ1) is 8.08. The summed E-state index contributed by atoms with van der Waals surface area (Å²) >= 11 is 0. The van der Waals surface area contributed by atoms with Crippen LogP contribution in [-0.4, -0.2) is 18.4 Å². The average Bonchev–Trinajstić information content (AvgIpc) is 2.30. The molecule has 0 spiro atoms. The van der Waals surface area contributed by atoms with Crippen molar-refractivity contribution in [1.29, 1.82) is 0 Å². The number of benzene rings is 1. The Kier molecular flexibility index (Phi) is 2.92. The van der Waals surface area contributed by atoms with E-state index in [9.17, 15) is 8.42 Å². The van der Waals surface area contributed by atoms with Crippen molar-refractivity contribution in [1.82, 2.24) is 9.97 Å². The van der Waals surface area contributed by atoms with E-state index in [2.05, 4.69) is 14.7 Å². The van der Waals surface area contributed by atoms with E-state index in [-0.39, 0.29) is 4.90 Å². The number of anilines is 2. The molecule has 17 heavy (non-hydrogen) atoms. The molecule has 0 aliphatic heterocycles. The van der Waals surface area contributed by atoms with Gasteiger partial charge >= 0.3 is 0 Å². The second-order valence-electron chi connectivity index (χ2n) is 3.30. The van der Waals surface area contributed by atoms with Crippen LogP contribution in [0.5, 0.6) is 0 Å². The molecule has 0 amide bonds. The summed E-state index contributed by atoms with van der Waals surface area (Å²) in [5.74, 6) is 0. The third-order valence-corrected chi connectivity index (χ3v) is 3.40. The van der Waals surface area contributed by atoms with Crippen molar-refractivity contribution >= 4 is 21.4 Å².